The van der Waals surface area contributed by atoms with Crippen LogP contribution in [-0.4, -0.2) is 47.3 Å². The van der Waals surface area contributed by atoms with Gasteiger partial charge in [-0.1, -0.05) is 29.3 Å². The van der Waals surface area contributed by atoms with Crippen LogP contribution in [-0.2, 0) is 0 Å². The SMILES string of the molecule is O=C(O)N1CCN(c2ccc(-c3ccc(Cl)c(Cl)c3)cn2)CC1. The Kier molecular flexibility index (Phi) is 4.59. The molecule has 120 valence electrons. The Morgan fingerprint density at radius 3 is 2.26 bits per heavy atom. The maximum atomic E-state index is 10.9. The minimum Gasteiger partial charge on any atom is -0.465 e. The van der Waals surface area contributed by atoms with E-state index in [1.807, 2.05) is 24.3 Å². The van der Waals surface area contributed by atoms with Gasteiger partial charge >= 0.3 is 6.09 Å². The number of amides is 1. The smallest absolute Gasteiger partial charge is 0.407 e. The molecule has 1 amide bonds. The molecule has 3 rings (SSSR count). The van der Waals surface area contributed by atoms with Crippen LogP contribution < -0.4 is 4.90 Å². The van der Waals surface area contributed by atoms with Gasteiger partial charge in [0.25, 0.3) is 0 Å². The highest BCUT2D eigenvalue weighted by Gasteiger charge is 2.21. The molecule has 0 spiro atoms. The molecule has 1 saturated heterocycles. The van der Waals surface area contributed by atoms with E-state index in [0.29, 0.717) is 36.2 Å². The first kappa shape index (κ1) is 15.9. The fraction of sp³-hybridized carbons (Fsp3) is 0.250. The van der Waals surface area contributed by atoms with Gasteiger partial charge in [0.15, 0.2) is 0 Å². The van der Waals surface area contributed by atoms with Crippen molar-refractivity contribution >= 4 is 35.1 Å². The third-order valence-corrected chi connectivity index (χ3v) is 4.61. The number of aromatic nitrogens is 1. The molecule has 0 saturated carbocycles. The van der Waals surface area contributed by atoms with Gasteiger partial charge in [-0.15, -0.1) is 0 Å². The summed E-state index contributed by atoms with van der Waals surface area (Å²) in [6.45, 7) is 2.27. The van der Waals surface area contributed by atoms with Crippen molar-refractivity contribution in [3.63, 3.8) is 0 Å². The summed E-state index contributed by atoms with van der Waals surface area (Å²) in [6, 6.07) is 9.39. The summed E-state index contributed by atoms with van der Waals surface area (Å²) in [6.07, 6.45) is 0.922. The van der Waals surface area contributed by atoms with Crippen LogP contribution in [0.4, 0.5) is 10.6 Å². The van der Waals surface area contributed by atoms with Crippen molar-refractivity contribution in [2.45, 2.75) is 0 Å². The van der Waals surface area contributed by atoms with Crippen LogP contribution in [0.5, 0.6) is 0 Å². The van der Waals surface area contributed by atoms with Crippen molar-refractivity contribution in [3.8, 4) is 11.1 Å². The van der Waals surface area contributed by atoms with Gasteiger partial charge in [0.2, 0.25) is 0 Å². The normalized spacial score (nSPS) is 14.9. The first-order valence-electron chi connectivity index (χ1n) is 7.19. The Labute approximate surface area is 144 Å². The van der Waals surface area contributed by atoms with E-state index < -0.39 is 6.09 Å². The molecule has 0 aliphatic carbocycles. The van der Waals surface area contributed by atoms with Crippen LogP contribution in [0.2, 0.25) is 10.0 Å². The molecule has 2 aromatic rings. The van der Waals surface area contributed by atoms with Crippen molar-refractivity contribution in [2.75, 3.05) is 31.1 Å². The Hall–Kier alpha value is -1.98. The zero-order valence-electron chi connectivity index (χ0n) is 12.2. The highest BCUT2D eigenvalue weighted by molar-refractivity contribution is 6.42. The molecule has 0 atom stereocenters. The van der Waals surface area contributed by atoms with Gasteiger partial charge < -0.3 is 14.9 Å². The third-order valence-electron chi connectivity index (χ3n) is 3.87. The molecule has 0 radical (unpaired) electrons. The van der Waals surface area contributed by atoms with E-state index in [4.69, 9.17) is 28.3 Å². The third kappa shape index (κ3) is 3.51. The van der Waals surface area contributed by atoms with E-state index >= 15 is 0 Å². The number of anilines is 1. The number of carbonyl (C=O) groups is 1. The first-order chi connectivity index (χ1) is 11.0. The molecule has 1 N–H and O–H groups in total. The van der Waals surface area contributed by atoms with Gasteiger partial charge in [0, 0.05) is 37.9 Å². The summed E-state index contributed by atoms with van der Waals surface area (Å²) < 4.78 is 0. The average molecular weight is 352 g/mol. The van der Waals surface area contributed by atoms with Crippen LogP contribution in [0, 0.1) is 0 Å². The number of nitrogens with zero attached hydrogens (tertiary/aromatic N) is 3. The standard InChI is InChI=1S/C16H15Cl2N3O2/c17-13-3-1-11(9-14(13)18)12-2-4-15(19-10-12)20-5-7-21(8-6-20)16(22)23/h1-4,9-10H,5-8H2,(H,22,23). The molecule has 2 heterocycles. The van der Waals surface area contributed by atoms with Crippen LogP contribution in [0.1, 0.15) is 0 Å². The minimum absolute atomic E-state index is 0.492. The topological polar surface area (TPSA) is 56.7 Å². The number of pyridine rings is 1. The average Bonchev–Trinajstić information content (AvgIpc) is 2.57. The van der Waals surface area contributed by atoms with E-state index in [1.54, 1.807) is 12.3 Å². The molecule has 0 bridgehead atoms. The van der Waals surface area contributed by atoms with E-state index in [2.05, 4.69) is 9.88 Å². The molecule has 1 fully saturated rings. The van der Waals surface area contributed by atoms with Crippen molar-refractivity contribution < 1.29 is 9.90 Å². The first-order valence-corrected chi connectivity index (χ1v) is 7.94. The summed E-state index contributed by atoms with van der Waals surface area (Å²) in [4.78, 5) is 18.9. The fourth-order valence-corrected chi connectivity index (χ4v) is 2.84. The second-order valence-electron chi connectivity index (χ2n) is 5.29. The predicted octanol–water partition coefficient (Wildman–Crippen LogP) is 3.86. The highest BCUT2D eigenvalue weighted by atomic mass is 35.5. The number of halogens is 2. The monoisotopic (exact) mass is 351 g/mol. The zero-order chi connectivity index (χ0) is 16.4. The van der Waals surface area contributed by atoms with Crippen LogP contribution in [0.3, 0.4) is 0 Å². The number of hydrogen-bond acceptors (Lipinski definition) is 3. The van der Waals surface area contributed by atoms with Gasteiger partial charge in [0.1, 0.15) is 5.82 Å². The van der Waals surface area contributed by atoms with E-state index in [0.717, 1.165) is 16.9 Å². The molecule has 1 aliphatic rings. The molecule has 0 unspecified atom stereocenters. The van der Waals surface area contributed by atoms with Gasteiger partial charge in [-0.05, 0) is 29.8 Å². The summed E-state index contributed by atoms with van der Waals surface area (Å²) in [5, 5.41) is 10.0. The molecule has 1 aliphatic heterocycles. The molecule has 5 nitrogen and oxygen atoms in total. The summed E-state index contributed by atoms with van der Waals surface area (Å²) in [5.74, 6) is 0.846. The number of hydrogen-bond donors (Lipinski definition) is 1. The van der Waals surface area contributed by atoms with Gasteiger partial charge in [0.05, 0.1) is 10.0 Å². The lowest BCUT2D eigenvalue weighted by atomic mass is 10.1. The number of piperazine rings is 1. The van der Waals surface area contributed by atoms with Crippen LogP contribution in [0.15, 0.2) is 36.5 Å². The predicted molar refractivity (Wildman–Crippen MR) is 91.5 cm³/mol. The largest absolute Gasteiger partial charge is 0.465 e. The maximum Gasteiger partial charge on any atom is 0.407 e. The summed E-state index contributed by atoms with van der Waals surface area (Å²) in [5.41, 5.74) is 1.91. The van der Waals surface area contributed by atoms with Crippen molar-refractivity contribution in [1.29, 1.82) is 0 Å². The van der Waals surface area contributed by atoms with E-state index in [9.17, 15) is 4.79 Å². The lowest BCUT2D eigenvalue weighted by Crippen LogP contribution is -2.48. The number of carboxylic acid groups (broad SMARTS) is 1. The minimum atomic E-state index is -0.868. The number of benzene rings is 1. The molecule has 23 heavy (non-hydrogen) atoms. The summed E-state index contributed by atoms with van der Waals surface area (Å²) in [7, 11) is 0. The molecular weight excluding hydrogens is 337 g/mol. The number of rotatable bonds is 2. The second kappa shape index (κ2) is 6.64. The van der Waals surface area contributed by atoms with E-state index in [-0.39, 0.29) is 0 Å². The molecule has 1 aromatic heterocycles. The van der Waals surface area contributed by atoms with Gasteiger partial charge in [-0.3, -0.25) is 0 Å². The van der Waals surface area contributed by atoms with Crippen molar-refractivity contribution in [2.24, 2.45) is 0 Å². The molecular formula is C16H15Cl2N3O2. The lowest BCUT2D eigenvalue weighted by Gasteiger charge is -2.33. The van der Waals surface area contributed by atoms with Crippen LogP contribution in [0.25, 0.3) is 11.1 Å². The van der Waals surface area contributed by atoms with Crippen LogP contribution >= 0.6 is 23.2 Å². The lowest BCUT2D eigenvalue weighted by molar-refractivity contribution is 0.142. The Balaban J connectivity index is 1.72. The van der Waals surface area contributed by atoms with Gasteiger partial charge in [-0.2, -0.15) is 0 Å². The molecule has 1 aromatic carbocycles. The molecule has 7 heteroatoms. The van der Waals surface area contributed by atoms with Crippen molar-refractivity contribution in [3.05, 3.63) is 46.6 Å². The zero-order valence-corrected chi connectivity index (χ0v) is 13.8. The van der Waals surface area contributed by atoms with Gasteiger partial charge in [-0.25, -0.2) is 9.78 Å². The Bertz CT molecular complexity index is 714. The maximum absolute atomic E-state index is 10.9. The van der Waals surface area contributed by atoms with Crippen molar-refractivity contribution in [1.82, 2.24) is 9.88 Å². The van der Waals surface area contributed by atoms with E-state index in [1.165, 1.54) is 4.90 Å². The summed E-state index contributed by atoms with van der Waals surface area (Å²) >= 11 is 12.0. The second-order valence-corrected chi connectivity index (χ2v) is 6.11. The quantitative estimate of drug-likeness (QED) is 0.892. The Morgan fingerprint density at radius 1 is 1.00 bits per heavy atom. The Morgan fingerprint density at radius 2 is 1.70 bits per heavy atom. The fourth-order valence-electron chi connectivity index (χ4n) is 2.55. The highest BCUT2D eigenvalue weighted by Crippen LogP contribution is 2.28.